The van der Waals surface area contributed by atoms with Crippen LogP contribution in [0.1, 0.15) is 0 Å². The third-order valence-corrected chi connectivity index (χ3v) is 5.12. The molecule has 0 saturated carbocycles. The SMILES string of the molecule is CN1CCS/C1=C/C=C1\SC(=S)N(CC(=O)[O-])C1=O. The number of aliphatic carboxylic acids is 1. The molecule has 0 bridgehead atoms. The van der Waals surface area contributed by atoms with Crippen molar-refractivity contribution >= 4 is 51.9 Å². The number of hydrogen-bond donors (Lipinski definition) is 0. The highest BCUT2D eigenvalue weighted by Gasteiger charge is 2.31. The molecule has 2 rings (SSSR count). The maximum absolute atomic E-state index is 11.9. The van der Waals surface area contributed by atoms with Crippen molar-refractivity contribution in [3.8, 4) is 0 Å². The lowest BCUT2D eigenvalue weighted by atomic mass is 10.4. The lowest BCUT2D eigenvalue weighted by molar-refractivity contribution is -0.305. The molecule has 0 unspecified atom stereocenters. The fraction of sp³-hybridized carbons (Fsp3) is 0.364. The van der Waals surface area contributed by atoms with Crippen molar-refractivity contribution < 1.29 is 14.7 Å². The van der Waals surface area contributed by atoms with E-state index in [0.29, 0.717) is 4.91 Å². The molecule has 0 radical (unpaired) electrons. The van der Waals surface area contributed by atoms with Crippen LogP contribution in [0.5, 0.6) is 0 Å². The minimum absolute atomic E-state index is 0.256. The molecule has 2 saturated heterocycles. The molecule has 0 aromatic carbocycles. The summed E-state index contributed by atoms with van der Waals surface area (Å²) in [6.45, 7) is 0.489. The first-order chi connectivity index (χ1) is 8.99. The summed E-state index contributed by atoms with van der Waals surface area (Å²) in [7, 11) is 1.99. The van der Waals surface area contributed by atoms with E-state index < -0.39 is 12.5 Å². The van der Waals surface area contributed by atoms with E-state index in [9.17, 15) is 14.7 Å². The molecule has 2 aliphatic rings. The van der Waals surface area contributed by atoms with Gasteiger partial charge in [0.15, 0.2) is 0 Å². The first kappa shape index (κ1) is 14.4. The van der Waals surface area contributed by atoms with Crippen LogP contribution in [0.25, 0.3) is 0 Å². The minimum Gasteiger partial charge on any atom is -0.548 e. The van der Waals surface area contributed by atoms with Gasteiger partial charge in [0, 0.05) is 19.3 Å². The average Bonchev–Trinajstić information content (AvgIpc) is 2.85. The summed E-state index contributed by atoms with van der Waals surface area (Å²) in [6, 6.07) is 0. The van der Waals surface area contributed by atoms with Gasteiger partial charge in [0.2, 0.25) is 0 Å². The van der Waals surface area contributed by atoms with E-state index in [0.717, 1.165) is 34.0 Å². The number of carbonyl (C=O) groups is 2. The quantitative estimate of drug-likeness (QED) is 0.536. The maximum atomic E-state index is 11.9. The molecule has 0 aromatic heterocycles. The van der Waals surface area contributed by atoms with Crippen LogP contribution in [0, 0.1) is 0 Å². The Bertz CT molecular complexity index is 501. The predicted octanol–water partition coefficient (Wildman–Crippen LogP) is 0.000500. The van der Waals surface area contributed by atoms with Crippen molar-refractivity contribution in [3.63, 3.8) is 0 Å². The lowest BCUT2D eigenvalue weighted by Gasteiger charge is -2.14. The third-order valence-electron chi connectivity index (χ3n) is 2.59. The predicted molar refractivity (Wildman–Crippen MR) is 78.2 cm³/mol. The minimum atomic E-state index is -1.32. The van der Waals surface area contributed by atoms with Gasteiger partial charge in [-0.3, -0.25) is 9.69 Å². The fourth-order valence-electron chi connectivity index (χ4n) is 1.61. The largest absolute Gasteiger partial charge is 0.548 e. The molecule has 2 heterocycles. The zero-order valence-corrected chi connectivity index (χ0v) is 12.6. The Hall–Kier alpha value is -0.990. The molecule has 2 fully saturated rings. The Kier molecular flexibility index (Phi) is 4.54. The van der Waals surface area contributed by atoms with Crippen LogP contribution in [0.4, 0.5) is 0 Å². The molecular formula is C11H11N2O3S3-. The van der Waals surface area contributed by atoms with E-state index in [1.807, 2.05) is 13.1 Å². The zero-order chi connectivity index (χ0) is 14.0. The highest BCUT2D eigenvalue weighted by Crippen LogP contribution is 2.32. The molecule has 0 atom stereocenters. The monoisotopic (exact) mass is 315 g/mol. The Labute approximate surface area is 124 Å². The first-order valence-electron chi connectivity index (χ1n) is 5.48. The summed E-state index contributed by atoms with van der Waals surface area (Å²) in [5.74, 6) is -0.661. The second-order valence-electron chi connectivity index (χ2n) is 3.94. The van der Waals surface area contributed by atoms with Gasteiger partial charge in [-0.2, -0.15) is 0 Å². The highest BCUT2D eigenvalue weighted by molar-refractivity contribution is 8.26. The zero-order valence-electron chi connectivity index (χ0n) is 10.1. The number of rotatable bonds is 3. The van der Waals surface area contributed by atoms with Crippen LogP contribution >= 0.6 is 35.7 Å². The second-order valence-corrected chi connectivity index (χ2v) is 6.73. The van der Waals surface area contributed by atoms with Crippen LogP contribution in [-0.2, 0) is 9.59 Å². The van der Waals surface area contributed by atoms with Crippen molar-refractivity contribution in [2.75, 3.05) is 25.9 Å². The number of thiocarbonyl (C=S) groups is 1. The van der Waals surface area contributed by atoms with Crippen molar-refractivity contribution in [2.24, 2.45) is 0 Å². The normalized spacial score (nSPS) is 24.1. The number of thioether (sulfide) groups is 2. The summed E-state index contributed by atoms with van der Waals surface area (Å²) in [4.78, 5) is 26.1. The molecule has 1 amide bonds. The first-order valence-corrected chi connectivity index (χ1v) is 7.69. The molecular weight excluding hydrogens is 304 g/mol. The Balaban J connectivity index is 2.12. The van der Waals surface area contributed by atoms with Gasteiger partial charge in [-0.05, 0) is 12.2 Å². The smallest absolute Gasteiger partial charge is 0.266 e. The van der Waals surface area contributed by atoms with Crippen LogP contribution in [-0.4, -0.2) is 51.9 Å². The van der Waals surface area contributed by atoms with Crippen LogP contribution in [0.3, 0.4) is 0 Å². The van der Waals surface area contributed by atoms with Crippen molar-refractivity contribution in [1.82, 2.24) is 9.80 Å². The number of hydrogen-bond acceptors (Lipinski definition) is 7. The van der Waals surface area contributed by atoms with Crippen LogP contribution in [0.15, 0.2) is 22.1 Å². The summed E-state index contributed by atoms with van der Waals surface area (Å²) >= 11 is 7.82. The number of carboxylic acid groups (broad SMARTS) is 1. The summed E-state index contributed by atoms with van der Waals surface area (Å²) < 4.78 is 0.256. The van der Waals surface area contributed by atoms with Gasteiger partial charge in [-0.25, -0.2) is 0 Å². The second kappa shape index (κ2) is 5.98. The number of allylic oxidation sites excluding steroid dienone is 2. The van der Waals surface area contributed by atoms with E-state index in [1.54, 1.807) is 17.8 Å². The molecule has 0 aromatic rings. The standard InChI is InChI=1S/C11H12N2O3S3/c1-12-4-5-18-8(12)3-2-7-10(16)13(6-9(14)15)11(17)19-7/h2-3H,4-6H2,1H3,(H,14,15)/p-1/b7-2-,8-3+. The highest BCUT2D eigenvalue weighted by atomic mass is 32.2. The van der Waals surface area contributed by atoms with Crippen LogP contribution in [0.2, 0.25) is 0 Å². The van der Waals surface area contributed by atoms with Gasteiger partial charge >= 0.3 is 0 Å². The molecule has 2 aliphatic heterocycles. The van der Waals surface area contributed by atoms with E-state index in [4.69, 9.17) is 12.2 Å². The Morgan fingerprint density at radius 2 is 2.26 bits per heavy atom. The molecule has 0 aliphatic carbocycles. The van der Waals surface area contributed by atoms with Gasteiger partial charge in [0.1, 0.15) is 4.32 Å². The number of nitrogens with zero attached hydrogens (tertiary/aromatic N) is 2. The maximum Gasteiger partial charge on any atom is 0.266 e. The summed E-state index contributed by atoms with van der Waals surface area (Å²) in [6.07, 6.45) is 3.56. The topological polar surface area (TPSA) is 63.7 Å². The van der Waals surface area contributed by atoms with Gasteiger partial charge in [-0.1, -0.05) is 24.0 Å². The number of carboxylic acids is 1. The Morgan fingerprint density at radius 3 is 2.84 bits per heavy atom. The van der Waals surface area contributed by atoms with Gasteiger partial charge < -0.3 is 14.8 Å². The third kappa shape index (κ3) is 3.31. The molecule has 0 N–H and O–H groups in total. The number of amides is 1. The molecule has 102 valence electrons. The van der Waals surface area contributed by atoms with E-state index >= 15 is 0 Å². The average molecular weight is 315 g/mol. The number of carbonyl (C=O) groups excluding carboxylic acids is 2. The fourth-order valence-corrected chi connectivity index (χ4v) is 3.86. The molecule has 8 heteroatoms. The Morgan fingerprint density at radius 1 is 1.53 bits per heavy atom. The van der Waals surface area contributed by atoms with Gasteiger partial charge in [0.05, 0.1) is 22.4 Å². The van der Waals surface area contributed by atoms with Gasteiger partial charge in [-0.15, -0.1) is 11.8 Å². The summed E-state index contributed by atoms with van der Waals surface area (Å²) in [5, 5.41) is 11.6. The van der Waals surface area contributed by atoms with Crippen LogP contribution < -0.4 is 5.11 Å². The van der Waals surface area contributed by atoms with Crippen molar-refractivity contribution in [2.45, 2.75) is 0 Å². The molecule has 19 heavy (non-hydrogen) atoms. The molecule has 0 spiro atoms. The lowest BCUT2D eigenvalue weighted by Crippen LogP contribution is -2.40. The van der Waals surface area contributed by atoms with E-state index in [2.05, 4.69) is 4.90 Å². The van der Waals surface area contributed by atoms with E-state index in [-0.39, 0.29) is 10.2 Å². The van der Waals surface area contributed by atoms with Gasteiger partial charge in [0.25, 0.3) is 5.91 Å². The van der Waals surface area contributed by atoms with Crippen molar-refractivity contribution in [1.29, 1.82) is 0 Å². The van der Waals surface area contributed by atoms with E-state index in [1.165, 1.54) is 0 Å². The van der Waals surface area contributed by atoms with Crippen molar-refractivity contribution in [3.05, 3.63) is 22.1 Å². The summed E-state index contributed by atoms with van der Waals surface area (Å²) in [5.41, 5.74) is 0. The molecule has 5 nitrogen and oxygen atoms in total.